The Hall–Kier alpha value is -1.06. The fourth-order valence-corrected chi connectivity index (χ4v) is 2.31. The molecule has 1 aromatic carbocycles. The summed E-state index contributed by atoms with van der Waals surface area (Å²) in [5.74, 6) is 0.0343. The smallest absolute Gasteiger partial charge is 0.255 e. The molecule has 92 valence electrons. The molecule has 1 saturated heterocycles. The number of piperazine rings is 1. The standard InChI is InChI=1S/C13H17ClN2O/c1-9-4-3-5-11(12(9)14)13(17)16-7-6-15-10(2)8-16/h3-5,10,15H,6-8H2,1-2H3/t10-/m1/s1. The molecule has 0 bridgehead atoms. The predicted molar refractivity (Wildman–Crippen MR) is 69.6 cm³/mol. The summed E-state index contributed by atoms with van der Waals surface area (Å²) in [7, 11) is 0. The number of amides is 1. The van der Waals surface area contributed by atoms with Crippen LogP contribution in [0.4, 0.5) is 0 Å². The van der Waals surface area contributed by atoms with Gasteiger partial charge in [0.05, 0.1) is 10.6 Å². The fourth-order valence-electron chi connectivity index (χ4n) is 2.10. The summed E-state index contributed by atoms with van der Waals surface area (Å²) >= 11 is 6.18. The van der Waals surface area contributed by atoms with Crippen LogP contribution >= 0.6 is 11.6 Å². The van der Waals surface area contributed by atoms with Crippen LogP contribution in [0.2, 0.25) is 5.02 Å². The van der Waals surface area contributed by atoms with Crippen molar-refractivity contribution in [2.75, 3.05) is 19.6 Å². The highest BCUT2D eigenvalue weighted by atomic mass is 35.5. The maximum atomic E-state index is 12.3. The lowest BCUT2D eigenvalue weighted by molar-refractivity contribution is 0.0709. The second kappa shape index (κ2) is 5.07. The molecule has 0 spiro atoms. The normalized spacial score (nSPS) is 20.4. The lowest BCUT2D eigenvalue weighted by Crippen LogP contribution is -2.51. The molecular weight excluding hydrogens is 236 g/mol. The molecule has 1 aromatic rings. The molecule has 0 aliphatic carbocycles. The van der Waals surface area contributed by atoms with E-state index in [-0.39, 0.29) is 5.91 Å². The molecular formula is C13H17ClN2O. The third kappa shape index (κ3) is 2.61. The van der Waals surface area contributed by atoms with Crippen LogP contribution < -0.4 is 5.32 Å². The third-order valence-corrected chi connectivity index (χ3v) is 3.58. The molecule has 0 unspecified atom stereocenters. The summed E-state index contributed by atoms with van der Waals surface area (Å²) in [4.78, 5) is 14.2. The maximum absolute atomic E-state index is 12.3. The molecule has 1 N–H and O–H groups in total. The van der Waals surface area contributed by atoms with Gasteiger partial charge < -0.3 is 10.2 Å². The summed E-state index contributed by atoms with van der Waals surface area (Å²) in [5.41, 5.74) is 1.56. The number of rotatable bonds is 1. The van der Waals surface area contributed by atoms with Crippen molar-refractivity contribution in [1.29, 1.82) is 0 Å². The quantitative estimate of drug-likeness (QED) is 0.830. The van der Waals surface area contributed by atoms with Crippen LogP contribution in [0, 0.1) is 6.92 Å². The van der Waals surface area contributed by atoms with Gasteiger partial charge in [0.15, 0.2) is 0 Å². The van der Waals surface area contributed by atoms with E-state index in [4.69, 9.17) is 11.6 Å². The lowest BCUT2D eigenvalue weighted by Gasteiger charge is -2.32. The van der Waals surface area contributed by atoms with Crippen LogP contribution in [0.3, 0.4) is 0 Å². The Bertz CT molecular complexity index is 433. The molecule has 0 saturated carbocycles. The van der Waals surface area contributed by atoms with Crippen molar-refractivity contribution in [2.24, 2.45) is 0 Å². The molecule has 4 heteroatoms. The van der Waals surface area contributed by atoms with Gasteiger partial charge in [0, 0.05) is 25.7 Å². The minimum atomic E-state index is 0.0343. The molecule has 1 amide bonds. The van der Waals surface area contributed by atoms with Crippen molar-refractivity contribution in [3.8, 4) is 0 Å². The zero-order chi connectivity index (χ0) is 12.4. The Balaban J connectivity index is 2.22. The predicted octanol–water partition coefficient (Wildman–Crippen LogP) is 2.08. The van der Waals surface area contributed by atoms with Crippen molar-refractivity contribution < 1.29 is 4.79 Å². The summed E-state index contributed by atoms with van der Waals surface area (Å²) < 4.78 is 0. The van der Waals surface area contributed by atoms with E-state index in [1.54, 1.807) is 6.07 Å². The van der Waals surface area contributed by atoms with E-state index in [1.165, 1.54) is 0 Å². The second-order valence-corrected chi connectivity index (χ2v) is 4.92. The zero-order valence-electron chi connectivity index (χ0n) is 10.2. The van der Waals surface area contributed by atoms with Gasteiger partial charge in [-0.3, -0.25) is 4.79 Å². The van der Waals surface area contributed by atoms with E-state index < -0.39 is 0 Å². The van der Waals surface area contributed by atoms with Crippen molar-refractivity contribution in [3.63, 3.8) is 0 Å². The van der Waals surface area contributed by atoms with E-state index in [0.29, 0.717) is 16.6 Å². The van der Waals surface area contributed by atoms with Gasteiger partial charge in [0.1, 0.15) is 0 Å². The maximum Gasteiger partial charge on any atom is 0.255 e. The molecule has 1 aliphatic heterocycles. The summed E-state index contributed by atoms with van der Waals surface area (Å²) in [5, 5.41) is 3.89. The number of halogens is 1. The first-order chi connectivity index (χ1) is 8.09. The van der Waals surface area contributed by atoms with Gasteiger partial charge in [-0.05, 0) is 25.5 Å². The van der Waals surface area contributed by atoms with Crippen LogP contribution in [-0.2, 0) is 0 Å². The van der Waals surface area contributed by atoms with Gasteiger partial charge >= 0.3 is 0 Å². The first-order valence-corrected chi connectivity index (χ1v) is 6.25. The highest BCUT2D eigenvalue weighted by Gasteiger charge is 2.23. The van der Waals surface area contributed by atoms with E-state index in [1.807, 2.05) is 24.0 Å². The number of nitrogens with zero attached hydrogens (tertiary/aromatic N) is 1. The van der Waals surface area contributed by atoms with Gasteiger partial charge in [-0.2, -0.15) is 0 Å². The third-order valence-electron chi connectivity index (χ3n) is 3.08. The lowest BCUT2D eigenvalue weighted by atomic mass is 10.1. The first-order valence-electron chi connectivity index (χ1n) is 5.87. The Morgan fingerprint density at radius 1 is 1.53 bits per heavy atom. The molecule has 1 aliphatic rings. The van der Waals surface area contributed by atoms with Crippen LogP contribution in [0.5, 0.6) is 0 Å². The molecule has 17 heavy (non-hydrogen) atoms. The fraction of sp³-hybridized carbons (Fsp3) is 0.462. The van der Waals surface area contributed by atoms with Crippen LogP contribution in [-0.4, -0.2) is 36.5 Å². The monoisotopic (exact) mass is 252 g/mol. The minimum Gasteiger partial charge on any atom is -0.336 e. The average molecular weight is 253 g/mol. The van der Waals surface area contributed by atoms with Crippen molar-refractivity contribution in [1.82, 2.24) is 10.2 Å². The largest absolute Gasteiger partial charge is 0.336 e. The molecule has 1 heterocycles. The van der Waals surface area contributed by atoms with Crippen LogP contribution in [0.1, 0.15) is 22.8 Å². The molecule has 1 atom stereocenters. The number of aryl methyl sites for hydroxylation is 1. The number of carbonyl (C=O) groups is 1. The van der Waals surface area contributed by atoms with Crippen molar-refractivity contribution in [3.05, 3.63) is 34.3 Å². The molecule has 2 rings (SSSR count). The number of carbonyl (C=O) groups excluding carboxylic acids is 1. The Kier molecular flexibility index (Phi) is 3.69. The summed E-state index contributed by atoms with van der Waals surface area (Å²) in [6, 6.07) is 5.93. The van der Waals surface area contributed by atoms with Gasteiger partial charge in [0.2, 0.25) is 0 Å². The number of hydrogen-bond acceptors (Lipinski definition) is 2. The van der Waals surface area contributed by atoms with Crippen LogP contribution in [0.25, 0.3) is 0 Å². The van der Waals surface area contributed by atoms with Crippen molar-refractivity contribution in [2.45, 2.75) is 19.9 Å². The van der Waals surface area contributed by atoms with E-state index in [0.717, 1.165) is 25.2 Å². The van der Waals surface area contributed by atoms with Gasteiger partial charge in [-0.15, -0.1) is 0 Å². The van der Waals surface area contributed by atoms with Crippen molar-refractivity contribution >= 4 is 17.5 Å². The molecule has 0 radical (unpaired) electrons. The molecule has 0 aromatic heterocycles. The average Bonchev–Trinajstić information content (AvgIpc) is 2.32. The molecule has 1 fully saturated rings. The highest BCUT2D eigenvalue weighted by Crippen LogP contribution is 2.22. The van der Waals surface area contributed by atoms with Gasteiger partial charge in [-0.25, -0.2) is 0 Å². The van der Waals surface area contributed by atoms with Gasteiger partial charge in [0.25, 0.3) is 5.91 Å². The Morgan fingerprint density at radius 2 is 2.29 bits per heavy atom. The minimum absolute atomic E-state index is 0.0343. The highest BCUT2D eigenvalue weighted by molar-refractivity contribution is 6.34. The van der Waals surface area contributed by atoms with Crippen LogP contribution in [0.15, 0.2) is 18.2 Å². The van der Waals surface area contributed by atoms with E-state index >= 15 is 0 Å². The Morgan fingerprint density at radius 3 is 3.00 bits per heavy atom. The SMILES string of the molecule is Cc1cccc(C(=O)N2CCN[C@H](C)C2)c1Cl. The summed E-state index contributed by atoms with van der Waals surface area (Å²) in [6.45, 7) is 6.32. The van der Waals surface area contributed by atoms with E-state index in [2.05, 4.69) is 12.2 Å². The Labute approximate surface area is 107 Å². The number of nitrogens with one attached hydrogen (secondary N) is 1. The van der Waals surface area contributed by atoms with Gasteiger partial charge in [-0.1, -0.05) is 23.7 Å². The topological polar surface area (TPSA) is 32.3 Å². The summed E-state index contributed by atoms with van der Waals surface area (Å²) in [6.07, 6.45) is 0. The van der Waals surface area contributed by atoms with E-state index in [9.17, 15) is 4.79 Å². The first kappa shape index (κ1) is 12.4. The zero-order valence-corrected chi connectivity index (χ0v) is 10.9. The number of hydrogen-bond donors (Lipinski definition) is 1. The number of benzene rings is 1. The molecule has 3 nitrogen and oxygen atoms in total. The second-order valence-electron chi connectivity index (χ2n) is 4.54.